The first-order valence-electron chi connectivity index (χ1n) is 5.23. The maximum absolute atomic E-state index is 9.60. The lowest BCUT2D eigenvalue weighted by atomic mass is 10.1. The van der Waals surface area contributed by atoms with Crippen LogP contribution in [0, 0.1) is 0 Å². The Labute approximate surface area is 96.6 Å². The number of aliphatic hydroxyl groups is 1. The molecule has 86 valence electrons. The van der Waals surface area contributed by atoms with Crippen LogP contribution >= 0.6 is 0 Å². The summed E-state index contributed by atoms with van der Waals surface area (Å²) in [5, 5.41) is 9.60. The van der Waals surface area contributed by atoms with Crippen LogP contribution in [0.25, 0.3) is 0 Å². The lowest BCUT2D eigenvalue weighted by Crippen LogP contribution is -2.23. The topological polar surface area (TPSA) is 45.0 Å². The quantitative estimate of drug-likeness (QED) is 0.776. The second-order valence-corrected chi connectivity index (χ2v) is 4.39. The fourth-order valence-corrected chi connectivity index (χ4v) is 1.31. The van der Waals surface area contributed by atoms with Gasteiger partial charge in [-0.3, -0.25) is 9.98 Å². The first kappa shape index (κ1) is 12.6. The molecule has 0 amide bonds. The first-order valence-corrected chi connectivity index (χ1v) is 5.23. The van der Waals surface area contributed by atoms with Crippen LogP contribution in [0.2, 0.25) is 0 Å². The first-order chi connectivity index (χ1) is 7.44. The lowest BCUT2D eigenvalue weighted by Gasteiger charge is -2.14. The number of benzene rings is 1. The van der Waals surface area contributed by atoms with Crippen molar-refractivity contribution in [1.29, 1.82) is 0 Å². The second-order valence-electron chi connectivity index (χ2n) is 4.39. The van der Waals surface area contributed by atoms with Crippen LogP contribution in [-0.2, 0) is 0 Å². The van der Waals surface area contributed by atoms with E-state index in [1.165, 1.54) is 0 Å². The zero-order valence-corrected chi connectivity index (χ0v) is 10.1. The highest BCUT2D eigenvalue weighted by atomic mass is 16.3. The van der Waals surface area contributed by atoms with Gasteiger partial charge < -0.3 is 5.11 Å². The molecular formula is C13H18N2O. The third kappa shape index (κ3) is 3.59. The summed E-state index contributed by atoms with van der Waals surface area (Å²) in [6.45, 7) is 9.30. The van der Waals surface area contributed by atoms with E-state index in [-0.39, 0.29) is 0 Å². The van der Waals surface area contributed by atoms with Crippen LogP contribution in [0.15, 0.2) is 34.3 Å². The molecule has 1 N–H and O–H groups in total. The van der Waals surface area contributed by atoms with E-state index in [1.54, 1.807) is 13.8 Å². The van der Waals surface area contributed by atoms with Gasteiger partial charge in [-0.1, -0.05) is 18.2 Å². The minimum absolute atomic E-state index is 0.379. The van der Waals surface area contributed by atoms with Crippen molar-refractivity contribution in [2.45, 2.75) is 26.4 Å². The van der Waals surface area contributed by atoms with Crippen LogP contribution in [0.3, 0.4) is 0 Å². The number of aliphatic imine (C=N–C) groups is 2. The standard InChI is InChI=1S/C13H18N2O/c1-10(15-9-13(2,3)16)11-7-5-6-8-12(11)14-4/h5-8,16H,4,9H2,1-3H3. The summed E-state index contributed by atoms with van der Waals surface area (Å²) < 4.78 is 0. The van der Waals surface area contributed by atoms with Gasteiger partial charge in [-0.15, -0.1) is 0 Å². The Morgan fingerprint density at radius 3 is 2.56 bits per heavy atom. The molecule has 0 aromatic heterocycles. The zero-order valence-electron chi connectivity index (χ0n) is 10.1. The van der Waals surface area contributed by atoms with Gasteiger partial charge in [0, 0.05) is 11.3 Å². The Morgan fingerprint density at radius 1 is 1.38 bits per heavy atom. The molecule has 1 aromatic rings. The number of nitrogens with zero attached hydrogens (tertiary/aromatic N) is 2. The van der Waals surface area contributed by atoms with Gasteiger partial charge in [-0.25, -0.2) is 0 Å². The summed E-state index contributed by atoms with van der Waals surface area (Å²) in [5.74, 6) is 0. The van der Waals surface area contributed by atoms with Crippen LogP contribution in [-0.4, -0.2) is 29.7 Å². The van der Waals surface area contributed by atoms with Crippen LogP contribution in [0.5, 0.6) is 0 Å². The summed E-state index contributed by atoms with van der Waals surface area (Å²) in [4.78, 5) is 8.30. The summed E-state index contributed by atoms with van der Waals surface area (Å²) in [5.41, 5.74) is 1.86. The highest BCUT2D eigenvalue weighted by molar-refractivity contribution is 6.03. The molecule has 0 aliphatic heterocycles. The van der Waals surface area contributed by atoms with Crippen LogP contribution in [0.4, 0.5) is 5.69 Å². The van der Waals surface area contributed by atoms with Crippen molar-refractivity contribution >= 4 is 18.1 Å². The molecule has 0 unspecified atom stereocenters. The second kappa shape index (κ2) is 5.03. The summed E-state index contributed by atoms with van der Waals surface area (Å²) in [7, 11) is 0. The molecule has 0 radical (unpaired) electrons. The Hall–Kier alpha value is -1.48. The van der Waals surface area contributed by atoms with Crippen LogP contribution in [0.1, 0.15) is 26.3 Å². The average molecular weight is 218 g/mol. The van der Waals surface area contributed by atoms with E-state index >= 15 is 0 Å². The SMILES string of the molecule is C=Nc1ccccc1C(C)=NCC(C)(C)O. The van der Waals surface area contributed by atoms with Crippen molar-refractivity contribution < 1.29 is 5.11 Å². The highest BCUT2D eigenvalue weighted by Crippen LogP contribution is 2.19. The molecule has 0 heterocycles. The maximum Gasteiger partial charge on any atom is 0.0786 e. The maximum atomic E-state index is 9.60. The Balaban J connectivity index is 2.96. The molecule has 1 aromatic carbocycles. The van der Waals surface area contributed by atoms with Gasteiger partial charge >= 0.3 is 0 Å². The van der Waals surface area contributed by atoms with Crippen molar-refractivity contribution in [1.82, 2.24) is 0 Å². The number of hydrogen-bond acceptors (Lipinski definition) is 3. The molecule has 0 fully saturated rings. The highest BCUT2D eigenvalue weighted by Gasteiger charge is 2.11. The largest absolute Gasteiger partial charge is 0.389 e. The lowest BCUT2D eigenvalue weighted by molar-refractivity contribution is 0.0904. The van der Waals surface area contributed by atoms with Crippen molar-refractivity contribution in [2.75, 3.05) is 6.54 Å². The summed E-state index contributed by atoms with van der Waals surface area (Å²) in [6.07, 6.45) is 0. The normalized spacial score (nSPS) is 12.6. The average Bonchev–Trinajstić information content (AvgIpc) is 2.25. The van der Waals surface area contributed by atoms with E-state index in [2.05, 4.69) is 16.7 Å². The predicted molar refractivity (Wildman–Crippen MR) is 69.0 cm³/mol. The van der Waals surface area contributed by atoms with Gasteiger partial charge in [0.1, 0.15) is 0 Å². The fourth-order valence-electron chi connectivity index (χ4n) is 1.31. The molecule has 0 aliphatic carbocycles. The summed E-state index contributed by atoms with van der Waals surface area (Å²) in [6, 6.07) is 7.70. The molecule has 0 bridgehead atoms. The molecule has 3 heteroatoms. The minimum Gasteiger partial charge on any atom is -0.389 e. The van der Waals surface area contributed by atoms with Crippen molar-refractivity contribution in [3.05, 3.63) is 29.8 Å². The number of para-hydroxylation sites is 1. The number of hydrogen-bond donors (Lipinski definition) is 1. The summed E-state index contributed by atoms with van der Waals surface area (Å²) >= 11 is 0. The van der Waals surface area contributed by atoms with E-state index in [1.807, 2.05) is 31.2 Å². The molecule has 0 saturated heterocycles. The molecule has 1 rings (SSSR count). The van der Waals surface area contributed by atoms with Gasteiger partial charge in [0.05, 0.1) is 17.8 Å². The monoisotopic (exact) mass is 218 g/mol. The molecule has 0 aliphatic rings. The molecule has 3 nitrogen and oxygen atoms in total. The number of rotatable bonds is 4. The van der Waals surface area contributed by atoms with Crippen molar-refractivity contribution in [3.8, 4) is 0 Å². The molecule has 0 saturated carbocycles. The van der Waals surface area contributed by atoms with Gasteiger partial charge in [-0.05, 0) is 33.6 Å². The Bertz CT molecular complexity index is 403. The molecular weight excluding hydrogens is 200 g/mol. The third-order valence-electron chi connectivity index (χ3n) is 2.17. The van der Waals surface area contributed by atoms with Crippen molar-refractivity contribution in [2.24, 2.45) is 9.98 Å². The van der Waals surface area contributed by atoms with Gasteiger partial charge in [0.2, 0.25) is 0 Å². The van der Waals surface area contributed by atoms with Crippen molar-refractivity contribution in [3.63, 3.8) is 0 Å². The Morgan fingerprint density at radius 2 is 2.00 bits per heavy atom. The van der Waals surface area contributed by atoms with E-state index in [9.17, 15) is 5.11 Å². The van der Waals surface area contributed by atoms with Crippen LogP contribution < -0.4 is 0 Å². The Kier molecular flexibility index (Phi) is 3.96. The smallest absolute Gasteiger partial charge is 0.0786 e. The van der Waals surface area contributed by atoms with Gasteiger partial charge in [-0.2, -0.15) is 0 Å². The third-order valence-corrected chi connectivity index (χ3v) is 2.17. The van der Waals surface area contributed by atoms with E-state index in [0.29, 0.717) is 6.54 Å². The van der Waals surface area contributed by atoms with Gasteiger partial charge in [0.25, 0.3) is 0 Å². The van der Waals surface area contributed by atoms with E-state index in [0.717, 1.165) is 17.0 Å². The predicted octanol–water partition coefficient (Wildman–Crippen LogP) is 2.60. The fraction of sp³-hybridized carbons (Fsp3) is 0.385. The van der Waals surface area contributed by atoms with Gasteiger partial charge in [0.15, 0.2) is 0 Å². The molecule has 0 spiro atoms. The molecule has 0 atom stereocenters. The van der Waals surface area contributed by atoms with E-state index in [4.69, 9.17) is 0 Å². The van der Waals surface area contributed by atoms with E-state index < -0.39 is 5.60 Å². The minimum atomic E-state index is -0.780. The zero-order chi connectivity index (χ0) is 12.2. The molecule has 16 heavy (non-hydrogen) atoms.